The van der Waals surface area contributed by atoms with Gasteiger partial charge < -0.3 is 4.74 Å². The van der Waals surface area contributed by atoms with Crippen LogP contribution in [0.2, 0.25) is 0 Å². The van der Waals surface area contributed by atoms with Gasteiger partial charge in [0.05, 0.1) is 13.2 Å². The lowest BCUT2D eigenvalue weighted by Crippen LogP contribution is -2.30. The molecule has 0 saturated heterocycles. The molecule has 1 aromatic rings. The lowest BCUT2D eigenvalue weighted by atomic mass is 9.85. The summed E-state index contributed by atoms with van der Waals surface area (Å²) in [6.45, 7) is 2.06. The summed E-state index contributed by atoms with van der Waals surface area (Å²) in [5, 5.41) is 1.31. The Morgan fingerprint density at radius 2 is 2.00 bits per heavy atom. The highest BCUT2D eigenvalue weighted by molar-refractivity contribution is 9.10. The molecule has 0 aromatic heterocycles. The van der Waals surface area contributed by atoms with Gasteiger partial charge >= 0.3 is 0 Å². The zero-order valence-corrected chi connectivity index (χ0v) is 15.1. The zero-order chi connectivity index (χ0) is 16.1. The molecule has 1 fully saturated rings. The lowest BCUT2D eigenvalue weighted by molar-refractivity contribution is -0.170. The summed E-state index contributed by atoms with van der Waals surface area (Å²) >= 11 is 3.53. The minimum atomic E-state index is 0.0507. The lowest BCUT2D eigenvalue weighted by Gasteiger charge is -2.29. The Labute approximate surface area is 140 Å². The van der Waals surface area contributed by atoms with Crippen molar-refractivity contribution in [1.82, 2.24) is 5.06 Å². The van der Waals surface area contributed by atoms with E-state index in [1.165, 1.54) is 12.2 Å². The molecule has 122 valence electrons. The van der Waals surface area contributed by atoms with Crippen LogP contribution in [0.3, 0.4) is 0 Å². The number of hydrogen-bond acceptors (Lipinski definition) is 3. The summed E-state index contributed by atoms with van der Waals surface area (Å²) in [5.74, 6) is 1.44. The van der Waals surface area contributed by atoms with Crippen LogP contribution in [0.25, 0.3) is 0 Å². The molecule has 4 nitrogen and oxygen atoms in total. The van der Waals surface area contributed by atoms with Gasteiger partial charge in [-0.1, -0.05) is 22.0 Å². The number of benzene rings is 1. The topological polar surface area (TPSA) is 38.8 Å². The van der Waals surface area contributed by atoms with Crippen molar-refractivity contribution in [3.63, 3.8) is 0 Å². The molecule has 1 aliphatic rings. The number of rotatable bonds is 5. The highest BCUT2D eigenvalue weighted by Crippen LogP contribution is 2.32. The Morgan fingerprint density at radius 3 is 2.64 bits per heavy atom. The molecule has 22 heavy (non-hydrogen) atoms. The molecule has 0 atom stereocenters. The second-order valence-electron chi connectivity index (χ2n) is 5.90. The van der Waals surface area contributed by atoms with Gasteiger partial charge in [0, 0.05) is 23.5 Å². The van der Waals surface area contributed by atoms with E-state index in [0.29, 0.717) is 12.3 Å². The van der Waals surface area contributed by atoms with E-state index >= 15 is 0 Å². The van der Waals surface area contributed by atoms with Crippen molar-refractivity contribution in [2.45, 2.75) is 45.1 Å². The van der Waals surface area contributed by atoms with Crippen LogP contribution < -0.4 is 4.74 Å². The fraction of sp³-hybridized carbons (Fsp3) is 0.588. The van der Waals surface area contributed by atoms with Crippen molar-refractivity contribution >= 4 is 21.8 Å². The zero-order valence-electron chi connectivity index (χ0n) is 13.5. The predicted octanol–water partition coefficient (Wildman–Crippen LogP) is 4.11. The molecular formula is C17H24BrNO3. The largest absolute Gasteiger partial charge is 0.490 e. The van der Waals surface area contributed by atoms with Crippen LogP contribution in [0, 0.1) is 12.8 Å². The van der Waals surface area contributed by atoms with E-state index in [1.54, 1.807) is 7.05 Å². The van der Waals surface area contributed by atoms with E-state index in [1.807, 2.05) is 18.2 Å². The van der Waals surface area contributed by atoms with E-state index in [4.69, 9.17) is 9.57 Å². The maximum atomic E-state index is 11.9. The molecule has 0 radical (unpaired) electrons. The molecule has 0 N–H and O–H groups in total. The van der Waals surface area contributed by atoms with Crippen LogP contribution in [0.5, 0.6) is 5.75 Å². The molecule has 0 bridgehead atoms. The number of halogens is 1. The smallest absolute Gasteiger partial charge is 0.246 e. The molecule has 2 rings (SSSR count). The van der Waals surface area contributed by atoms with Crippen molar-refractivity contribution in [2.75, 3.05) is 14.2 Å². The molecular weight excluding hydrogens is 346 g/mol. The number of carbonyl (C=O) groups excluding carboxylic acids is 1. The van der Waals surface area contributed by atoms with E-state index < -0.39 is 0 Å². The predicted molar refractivity (Wildman–Crippen MR) is 89.6 cm³/mol. The third kappa shape index (κ3) is 4.46. The van der Waals surface area contributed by atoms with Gasteiger partial charge in [-0.2, -0.15) is 0 Å². The number of ether oxygens (including phenoxy) is 1. The Bertz CT molecular complexity index is 513. The average Bonchev–Trinajstić information content (AvgIpc) is 2.52. The summed E-state index contributed by atoms with van der Waals surface area (Å²) in [4.78, 5) is 16.8. The van der Waals surface area contributed by atoms with E-state index in [9.17, 15) is 4.79 Å². The highest BCUT2D eigenvalue weighted by atomic mass is 79.9. The Balaban J connectivity index is 1.82. The molecule has 0 unspecified atom stereocenters. The maximum absolute atomic E-state index is 11.9. The van der Waals surface area contributed by atoms with Crippen molar-refractivity contribution in [3.05, 3.63) is 28.2 Å². The first-order valence-electron chi connectivity index (χ1n) is 7.73. The van der Waals surface area contributed by atoms with Gasteiger partial charge in [-0.05, 0) is 50.7 Å². The van der Waals surface area contributed by atoms with Crippen molar-refractivity contribution < 1.29 is 14.4 Å². The number of nitrogens with zero attached hydrogens (tertiary/aromatic N) is 1. The van der Waals surface area contributed by atoms with Crippen LogP contribution in [-0.4, -0.2) is 31.2 Å². The second kappa shape index (κ2) is 7.97. The standard InChI is InChI=1S/C17H24BrNO3/c1-12-15(18)5-4-6-16(12)22-14-9-7-13(8-10-14)11-17(20)19(2)21-3/h4-6,13-14H,7-11H2,1-3H3/t13-,14-. The normalized spacial score (nSPS) is 21.5. The first kappa shape index (κ1) is 17.3. The van der Waals surface area contributed by atoms with Crippen molar-refractivity contribution in [2.24, 2.45) is 5.92 Å². The van der Waals surface area contributed by atoms with Gasteiger partial charge in [0.15, 0.2) is 0 Å². The quantitative estimate of drug-likeness (QED) is 0.733. The molecule has 0 spiro atoms. The van der Waals surface area contributed by atoms with E-state index in [-0.39, 0.29) is 12.0 Å². The average molecular weight is 370 g/mol. The summed E-state index contributed by atoms with van der Waals surface area (Å²) in [6.07, 6.45) is 4.87. The first-order chi connectivity index (χ1) is 10.5. The minimum absolute atomic E-state index is 0.0507. The monoisotopic (exact) mass is 369 g/mol. The third-order valence-corrected chi connectivity index (χ3v) is 5.25. The van der Waals surface area contributed by atoms with Gasteiger partial charge in [0.1, 0.15) is 5.75 Å². The maximum Gasteiger partial charge on any atom is 0.246 e. The van der Waals surface area contributed by atoms with Crippen LogP contribution >= 0.6 is 15.9 Å². The number of amides is 1. The molecule has 5 heteroatoms. The number of carbonyl (C=O) groups is 1. The molecule has 1 saturated carbocycles. The van der Waals surface area contributed by atoms with Gasteiger partial charge in [-0.3, -0.25) is 9.63 Å². The summed E-state index contributed by atoms with van der Waals surface area (Å²) in [5.41, 5.74) is 1.14. The second-order valence-corrected chi connectivity index (χ2v) is 6.76. The summed E-state index contributed by atoms with van der Waals surface area (Å²) in [6, 6.07) is 6.04. The molecule has 1 aromatic carbocycles. The van der Waals surface area contributed by atoms with Crippen LogP contribution in [-0.2, 0) is 9.63 Å². The molecule has 0 aliphatic heterocycles. The van der Waals surface area contributed by atoms with Gasteiger partial charge in [-0.25, -0.2) is 5.06 Å². The SMILES string of the molecule is CON(C)C(=O)C[C@H]1CC[C@H](Oc2cccc(Br)c2C)CC1. The summed E-state index contributed by atoms with van der Waals surface area (Å²) in [7, 11) is 3.18. The molecule has 0 heterocycles. The fourth-order valence-corrected chi connectivity index (χ4v) is 3.17. The van der Waals surface area contributed by atoms with E-state index in [2.05, 4.69) is 22.9 Å². The molecule has 1 amide bonds. The molecule has 1 aliphatic carbocycles. The minimum Gasteiger partial charge on any atom is -0.490 e. The van der Waals surface area contributed by atoms with Crippen LogP contribution in [0.15, 0.2) is 22.7 Å². The Morgan fingerprint density at radius 1 is 1.32 bits per heavy atom. The van der Waals surface area contributed by atoms with Crippen molar-refractivity contribution in [1.29, 1.82) is 0 Å². The van der Waals surface area contributed by atoms with Crippen molar-refractivity contribution in [3.8, 4) is 5.75 Å². The van der Waals surface area contributed by atoms with E-state index in [0.717, 1.165) is 41.5 Å². The number of hydroxylamine groups is 2. The highest BCUT2D eigenvalue weighted by Gasteiger charge is 2.25. The first-order valence-corrected chi connectivity index (χ1v) is 8.53. The van der Waals surface area contributed by atoms with Crippen LogP contribution in [0.4, 0.5) is 0 Å². The van der Waals surface area contributed by atoms with Gasteiger partial charge in [-0.15, -0.1) is 0 Å². The summed E-state index contributed by atoms with van der Waals surface area (Å²) < 4.78 is 7.21. The number of hydrogen-bond donors (Lipinski definition) is 0. The fourth-order valence-electron chi connectivity index (χ4n) is 2.83. The van der Waals surface area contributed by atoms with Gasteiger partial charge in [0.25, 0.3) is 0 Å². The van der Waals surface area contributed by atoms with Gasteiger partial charge in [0.2, 0.25) is 5.91 Å². The van der Waals surface area contributed by atoms with Crippen LogP contribution in [0.1, 0.15) is 37.7 Å². The third-order valence-electron chi connectivity index (χ3n) is 4.39. The Kier molecular flexibility index (Phi) is 6.26. The Hall–Kier alpha value is -1.07.